The van der Waals surface area contributed by atoms with E-state index in [1.54, 1.807) is 0 Å². The standard InChI is InChI=1S/C10H12O4/c1-10-3-4-2-5(10)7(9(13)14-10)6(4)8(11)12/h4-7H,2-3H2,1H3,(H,11,12)/t4-,5+,6+,7-,10+/m0/s1. The molecular formula is C10H12O4. The molecule has 3 rings (SSSR count). The molecule has 14 heavy (non-hydrogen) atoms. The van der Waals surface area contributed by atoms with Crippen LogP contribution in [0.5, 0.6) is 0 Å². The summed E-state index contributed by atoms with van der Waals surface area (Å²) in [5, 5.41) is 9.05. The molecule has 2 saturated carbocycles. The van der Waals surface area contributed by atoms with Crippen molar-refractivity contribution in [3.05, 3.63) is 0 Å². The largest absolute Gasteiger partial charge is 0.481 e. The molecule has 0 radical (unpaired) electrons. The summed E-state index contributed by atoms with van der Waals surface area (Å²) in [4.78, 5) is 22.5. The van der Waals surface area contributed by atoms with Crippen LogP contribution in [0, 0.1) is 23.7 Å². The van der Waals surface area contributed by atoms with Gasteiger partial charge in [0.25, 0.3) is 0 Å². The van der Waals surface area contributed by atoms with E-state index in [0.29, 0.717) is 0 Å². The van der Waals surface area contributed by atoms with Gasteiger partial charge < -0.3 is 9.84 Å². The van der Waals surface area contributed by atoms with Crippen molar-refractivity contribution in [3.63, 3.8) is 0 Å². The summed E-state index contributed by atoms with van der Waals surface area (Å²) in [5.74, 6) is -1.66. The molecule has 0 amide bonds. The summed E-state index contributed by atoms with van der Waals surface area (Å²) in [6, 6.07) is 0. The van der Waals surface area contributed by atoms with Gasteiger partial charge in [0.1, 0.15) is 5.60 Å². The summed E-state index contributed by atoms with van der Waals surface area (Å²) in [6.45, 7) is 1.94. The quantitative estimate of drug-likeness (QED) is 0.626. The number of fused-ring (bicyclic) bond motifs is 1. The number of carbonyl (C=O) groups excluding carboxylic acids is 1. The zero-order chi connectivity index (χ0) is 10.1. The lowest BCUT2D eigenvalue weighted by atomic mass is 9.75. The van der Waals surface area contributed by atoms with Crippen molar-refractivity contribution >= 4 is 11.9 Å². The van der Waals surface area contributed by atoms with Crippen LogP contribution >= 0.6 is 0 Å². The monoisotopic (exact) mass is 196 g/mol. The highest BCUT2D eigenvalue weighted by atomic mass is 16.6. The van der Waals surface area contributed by atoms with Crippen LogP contribution in [0.25, 0.3) is 0 Å². The first-order chi connectivity index (χ1) is 6.53. The second-order valence-electron chi connectivity index (χ2n) is 4.93. The van der Waals surface area contributed by atoms with E-state index in [1.807, 2.05) is 6.92 Å². The molecule has 0 unspecified atom stereocenters. The van der Waals surface area contributed by atoms with E-state index in [9.17, 15) is 9.59 Å². The van der Waals surface area contributed by atoms with Gasteiger partial charge in [0, 0.05) is 5.92 Å². The Labute approximate surface area is 81.2 Å². The van der Waals surface area contributed by atoms with Crippen LogP contribution in [-0.4, -0.2) is 22.6 Å². The molecule has 1 aliphatic heterocycles. The van der Waals surface area contributed by atoms with Crippen molar-refractivity contribution in [1.29, 1.82) is 0 Å². The van der Waals surface area contributed by atoms with Gasteiger partial charge in [-0.3, -0.25) is 9.59 Å². The fourth-order valence-corrected chi connectivity index (χ4v) is 3.76. The maximum Gasteiger partial charge on any atom is 0.310 e. The predicted octanol–water partition coefficient (Wildman–Crippen LogP) is 0.659. The highest BCUT2D eigenvalue weighted by molar-refractivity contribution is 5.85. The summed E-state index contributed by atoms with van der Waals surface area (Å²) < 4.78 is 5.30. The average molecular weight is 196 g/mol. The molecular weight excluding hydrogens is 184 g/mol. The summed E-state index contributed by atoms with van der Waals surface area (Å²) >= 11 is 0. The first-order valence-corrected chi connectivity index (χ1v) is 4.98. The molecule has 0 aromatic heterocycles. The molecule has 1 saturated heterocycles. The Bertz CT molecular complexity index is 337. The van der Waals surface area contributed by atoms with Gasteiger partial charge >= 0.3 is 11.9 Å². The maximum atomic E-state index is 11.5. The Kier molecular flexibility index (Phi) is 1.25. The normalized spacial score (nSPS) is 53.6. The van der Waals surface area contributed by atoms with E-state index >= 15 is 0 Å². The molecule has 5 atom stereocenters. The minimum atomic E-state index is -0.830. The molecule has 0 aromatic carbocycles. The Morgan fingerprint density at radius 2 is 2.36 bits per heavy atom. The molecule has 1 N–H and O–H groups in total. The van der Waals surface area contributed by atoms with Crippen molar-refractivity contribution in [2.75, 3.05) is 0 Å². The van der Waals surface area contributed by atoms with Gasteiger partial charge in [-0.05, 0) is 25.7 Å². The van der Waals surface area contributed by atoms with Gasteiger partial charge in [-0.25, -0.2) is 0 Å². The number of hydrogen-bond donors (Lipinski definition) is 1. The van der Waals surface area contributed by atoms with E-state index in [4.69, 9.17) is 9.84 Å². The zero-order valence-electron chi connectivity index (χ0n) is 7.90. The molecule has 0 aromatic rings. The van der Waals surface area contributed by atoms with Crippen LogP contribution in [0.1, 0.15) is 19.8 Å². The Morgan fingerprint density at radius 1 is 1.64 bits per heavy atom. The van der Waals surface area contributed by atoms with Crippen molar-refractivity contribution in [1.82, 2.24) is 0 Å². The van der Waals surface area contributed by atoms with Gasteiger partial charge in [-0.15, -0.1) is 0 Å². The third-order valence-electron chi connectivity index (χ3n) is 4.23. The highest BCUT2D eigenvalue weighted by Crippen LogP contribution is 2.62. The molecule has 2 bridgehead atoms. The molecule has 1 heterocycles. The Morgan fingerprint density at radius 3 is 3.00 bits per heavy atom. The molecule has 3 fully saturated rings. The number of carbonyl (C=O) groups is 2. The number of hydrogen-bond acceptors (Lipinski definition) is 3. The Hall–Kier alpha value is -1.06. The highest BCUT2D eigenvalue weighted by Gasteiger charge is 2.69. The third kappa shape index (κ3) is 0.713. The lowest BCUT2D eigenvalue weighted by Crippen LogP contribution is -2.36. The first kappa shape index (κ1) is 8.26. The minimum absolute atomic E-state index is 0.152. The average Bonchev–Trinajstić information content (AvgIpc) is 2.58. The van der Waals surface area contributed by atoms with E-state index < -0.39 is 11.9 Å². The maximum absolute atomic E-state index is 11.5. The van der Waals surface area contributed by atoms with E-state index in [2.05, 4.69) is 0 Å². The van der Waals surface area contributed by atoms with E-state index in [-0.39, 0.29) is 29.3 Å². The fraction of sp³-hybridized carbons (Fsp3) is 0.800. The van der Waals surface area contributed by atoms with Crippen molar-refractivity contribution < 1.29 is 19.4 Å². The summed E-state index contributed by atoms with van der Waals surface area (Å²) in [6.07, 6.45) is 1.58. The molecule has 4 nitrogen and oxygen atoms in total. The van der Waals surface area contributed by atoms with Crippen LogP contribution in [-0.2, 0) is 14.3 Å². The predicted molar refractivity (Wildman–Crippen MR) is 45.3 cm³/mol. The number of rotatable bonds is 1. The summed E-state index contributed by atoms with van der Waals surface area (Å²) in [5.41, 5.74) is -0.349. The van der Waals surface area contributed by atoms with Crippen molar-refractivity contribution in [2.45, 2.75) is 25.4 Å². The zero-order valence-corrected chi connectivity index (χ0v) is 7.90. The lowest BCUT2D eigenvalue weighted by Gasteiger charge is -2.28. The topological polar surface area (TPSA) is 63.6 Å². The number of aliphatic carboxylic acids is 1. The number of esters is 1. The molecule has 76 valence electrons. The number of carboxylic acids is 1. The SMILES string of the molecule is C[C@@]12C[C@@H]3C[C@@H]1[C@H](C(=O)O2)[C@@H]3C(=O)O. The third-order valence-corrected chi connectivity index (χ3v) is 4.23. The molecule has 2 aliphatic carbocycles. The minimum Gasteiger partial charge on any atom is -0.481 e. The molecule has 4 heteroatoms. The lowest BCUT2D eigenvalue weighted by molar-refractivity contribution is -0.152. The van der Waals surface area contributed by atoms with Crippen LogP contribution in [0.15, 0.2) is 0 Å². The smallest absolute Gasteiger partial charge is 0.310 e. The van der Waals surface area contributed by atoms with Crippen LogP contribution in [0.3, 0.4) is 0 Å². The van der Waals surface area contributed by atoms with Crippen LogP contribution in [0.2, 0.25) is 0 Å². The number of ether oxygens (including phenoxy) is 1. The van der Waals surface area contributed by atoms with Gasteiger partial charge in [0.05, 0.1) is 11.8 Å². The van der Waals surface area contributed by atoms with Crippen LogP contribution < -0.4 is 0 Å². The molecule has 0 spiro atoms. The second-order valence-corrected chi connectivity index (χ2v) is 4.93. The Balaban J connectivity index is 2.05. The van der Waals surface area contributed by atoms with Gasteiger partial charge in [0.2, 0.25) is 0 Å². The van der Waals surface area contributed by atoms with E-state index in [1.165, 1.54) is 0 Å². The van der Waals surface area contributed by atoms with Crippen molar-refractivity contribution in [3.8, 4) is 0 Å². The first-order valence-electron chi connectivity index (χ1n) is 4.98. The number of carboxylic acid groups (broad SMARTS) is 1. The fourth-order valence-electron chi connectivity index (χ4n) is 3.76. The van der Waals surface area contributed by atoms with Gasteiger partial charge in [-0.1, -0.05) is 0 Å². The second kappa shape index (κ2) is 2.12. The van der Waals surface area contributed by atoms with Gasteiger partial charge in [-0.2, -0.15) is 0 Å². The van der Waals surface area contributed by atoms with E-state index in [0.717, 1.165) is 12.8 Å². The van der Waals surface area contributed by atoms with Crippen molar-refractivity contribution in [2.24, 2.45) is 23.7 Å². The van der Waals surface area contributed by atoms with Gasteiger partial charge in [0.15, 0.2) is 0 Å². The van der Waals surface area contributed by atoms with Crippen LogP contribution in [0.4, 0.5) is 0 Å². The summed E-state index contributed by atoms with van der Waals surface area (Å²) in [7, 11) is 0. The molecule has 3 aliphatic rings.